The first-order valence-electron chi connectivity index (χ1n) is 11.6. The van der Waals surface area contributed by atoms with Gasteiger partial charge < -0.3 is 24.0 Å². The standard InChI is InChI=1S/C24H33N3O6/c1-16(2)13-18(24(30)31-3)27-15-19-32-20(21(33-19)23(27)29)22(28)26-11-9-25(10-12-26)14-17-7-5-4-6-8-17/h4-8,16,18-21H,9-15H2,1-3H3/t18-,19-,20+,21-/m0/s1. The zero-order chi connectivity index (χ0) is 23.5. The third-order valence-corrected chi connectivity index (χ3v) is 6.46. The van der Waals surface area contributed by atoms with Crippen LogP contribution in [0.1, 0.15) is 25.8 Å². The molecule has 3 aliphatic heterocycles. The summed E-state index contributed by atoms with van der Waals surface area (Å²) in [4.78, 5) is 44.4. The van der Waals surface area contributed by atoms with Crippen LogP contribution in [0.15, 0.2) is 30.3 Å². The number of fused-ring (bicyclic) bond motifs is 2. The number of carbonyl (C=O) groups excluding carboxylic acids is 3. The van der Waals surface area contributed by atoms with Crippen molar-refractivity contribution in [2.75, 3.05) is 39.8 Å². The number of piperazine rings is 1. The van der Waals surface area contributed by atoms with E-state index in [4.69, 9.17) is 14.2 Å². The summed E-state index contributed by atoms with van der Waals surface area (Å²) in [6.07, 6.45) is -2.26. The van der Waals surface area contributed by atoms with E-state index in [0.29, 0.717) is 19.5 Å². The maximum absolute atomic E-state index is 13.2. The van der Waals surface area contributed by atoms with Gasteiger partial charge in [0.1, 0.15) is 6.04 Å². The molecule has 0 spiro atoms. The summed E-state index contributed by atoms with van der Waals surface area (Å²) in [5, 5.41) is 0. The number of rotatable bonds is 7. The molecule has 3 heterocycles. The van der Waals surface area contributed by atoms with Gasteiger partial charge in [0.25, 0.3) is 11.8 Å². The number of amides is 2. The average Bonchev–Trinajstić information content (AvgIpc) is 3.19. The topological polar surface area (TPSA) is 88.6 Å². The highest BCUT2D eigenvalue weighted by atomic mass is 16.7. The van der Waals surface area contributed by atoms with Crippen molar-refractivity contribution in [3.8, 4) is 0 Å². The molecular formula is C24H33N3O6. The lowest BCUT2D eigenvalue weighted by atomic mass is 10.0. The number of esters is 1. The highest BCUT2D eigenvalue weighted by Gasteiger charge is 2.54. The van der Waals surface area contributed by atoms with Crippen LogP contribution in [0.25, 0.3) is 0 Å². The zero-order valence-corrected chi connectivity index (χ0v) is 19.5. The fraction of sp³-hybridized carbons (Fsp3) is 0.625. The first kappa shape index (κ1) is 23.7. The number of hydrogen-bond acceptors (Lipinski definition) is 7. The Hall–Kier alpha value is -2.49. The minimum atomic E-state index is -1.03. The van der Waals surface area contributed by atoms with Gasteiger partial charge in [-0.05, 0) is 17.9 Å². The predicted molar refractivity (Wildman–Crippen MR) is 119 cm³/mol. The summed E-state index contributed by atoms with van der Waals surface area (Å²) in [7, 11) is 1.31. The van der Waals surface area contributed by atoms with Gasteiger partial charge in [0.05, 0.1) is 13.7 Å². The van der Waals surface area contributed by atoms with E-state index in [1.807, 2.05) is 32.0 Å². The Labute approximate surface area is 194 Å². The van der Waals surface area contributed by atoms with Crippen LogP contribution < -0.4 is 0 Å². The van der Waals surface area contributed by atoms with Gasteiger partial charge in [-0.1, -0.05) is 44.2 Å². The molecule has 1 aromatic rings. The molecule has 180 valence electrons. The lowest BCUT2D eigenvalue weighted by molar-refractivity contribution is -0.174. The molecule has 0 aromatic heterocycles. The summed E-state index contributed by atoms with van der Waals surface area (Å²) < 4.78 is 16.5. The molecule has 9 heteroatoms. The van der Waals surface area contributed by atoms with Crippen molar-refractivity contribution < 1.29 is 28.6 Å². The molecule has 0 unspecified atom stereocenters. The number of carbonyl (C=O) groups is 3. The molecule has 4 atom stereocenters. The summed E-state index contributed by atoms with van der Waals surface area (Å²) in [5.41, 5.74) is 1.24. The SMILES string of the molecule is COC(=O)[C@H](CC(C)C)N1C[C@@H]2O[C@H](C1=O)[C@H](C(=O)N1CCN(Cc3ccccc3)CC1)O2. The maximum atomic E-state index is 13.2. The minimum absolute atomic E-state index is 0.108. The number of benzene rings is 1. The summed E-state index contributed by atoms with van der Waals surface area (Å²) >= 11 is 0. The van der Waals surface area contributed by atoms with Crippen molar-refractivity contribution in [3.05, 3.63) is 35.9 Å². The Bertz CT molecular complexity index is 855. The monoisotopic (exact) mass is 459 g/mol. The van der Waals surface area contributed by atoms with E-state index in [1.165, 1.54) is 17.6 Å². The Kier molecular flexibility index (Phi) is 7.31. The molecule has 0 aliphatic carbocycles. The van der Waals surface area contributed by atoms with Crippen LogP contribution in [0.3, 0.4) is 0 Å². The fourth-order valence-electron chi connectivity index (χ4n) is 4.74. The van der Waals surface area contributed by atoms with E-state index < -0.39 is 30.5 Å². The van der Waals surface area contributed by atoms with Gasteiger partial charge in [-0.25, -0.2) is 4.79 Å². The molecule has 3 saturated heterocycles. The van der Waals surface area contributed by atoms with Crippen LogP contribution in [0.5, 0.6) is 0 Å². The van der Waals surface area contributed by atoms with Crippen LogP contribution in [0.4, 0.5) is 0 Å². The van der Waals surface area contributed by atoms with Gasteiger partial charge in [0, 0.05) is 32.7 Å². The molecule has 3 aliphatic rings. The number of nitrogens with zero attached hydrogens (tertiary/aromatic N) is 3. The van der Waals surface area contributed by atoms with Crippen molar-refractivity contribution in [3.63, 3.8) is 0 Å². The largest absolute Gasteiger partial charge is 0.467 e. The van der Waals surface area contributed by atoms with Crippen molar-refractivity contribution in [2.24, 2.45) is 5.92 Å². The molecule has 33 heavy (non-hydrogen) atoms. The van der Waals surface area contributed by atoms with E-state index in [9.17, 15) is 14.4 Å². The predicted octanol–water partition coefficient (Wildman–Crippen LogP) is 0.871. The van der Waals surface area contributed by atoms with E-state index in [2.05, 4.69) is 17.0 Å². The summed E-state index contributed by atoms with van der Waals surface area (Å²) in [5.74, 6) is -0.889. The molecule has 4 rings (SSSR count). The highest BCUT2D eigenvalue weighted by molar-refractivity contribution is 5.94. The van der Waals surface area contributed by atoms with Crippen LogP contribution in [-0.2, 0) is 35.1 Å². The van der Waals surface area contributed by atoms with Crippen molar-refractivity contribution in [1.82, 2.24) is 14.7 Å². The number of ether oxygens (including phenoxy) is 3. The van der Waals surface area contributed by atoms with Gasteiger partial charge in [0.2, 0.25) is 0 Å². The van der Waals surface area contributed by atoms with Crippen LogP contribution in [-0.4, -0.2) is 96.9 Å². The quantitative estimate of drug-likeness (QED) is 0.559. The highest BCUT2D eigenvalue weighted by Crippen LogP contribution is 2.31. The zero-order valence-electron chi connectivity index (χ0n) is 19.5. The molecule has 0 N–H and O–H groups in total. The minimum Gasteiger partial charge on any atom is -0.467 e. The molecule has 9 nitrogen and oxygen atoms in total. The summed E-state index contributed by atoms with van der Waals surface area (Å²) in [6, 6.07) is 9.53. The van der Waals surface area contributed by atoms with Gasteiger partial charge in [-0.3, -0.25) is 14.5 Å². The van der Waals surface area contributed by atoms with Crippen LogP contribution >= 0.6 is 0 Å². The van der Waals surface area contributed by atoms with Crippen molar-refractivity contribution in [2.45, 2.75) is 51.4 Å². The molecule has 0 radical (unpaired) electrons. The summed E-state index contributed by atoms with van der Waals surface area (Å²) in [6.45, 7) is 7.55. The number of hydrogen-bond donors (Lipinski definition) is 0. The smallest absolute Gasteiger partial charge is 0.328 e. The molecule has 0 saturated carbocycles. The van der Waals surface area contributed by atoms with E-state index in [1.54, 1.807) is 4.90 Å². The second-order valence-electron chi connectivity index (χ2n) is 9.29. The van der Waals surface area contributed by atoms with E-state index in [0.717, 1.165) is 19.6 Å². The lowest BCUT2D eigenvalue weighted by Crippen LogP contribution is -2.58. The molecule has 2 bridgehead atoms. The lowest BCUT2D eigenvalue weighted by Gasteiger charge is -2.37. The number of morpholine rings is 1. The number of methoxy groups -OCH3 is 1. The van der Waals surface area contributed by atoms with Crippen LogP contribution in [0, 0.1) is 5.92 Å². The van der Waals surface area contributed by atoms with Gasteiger partial charge >= 0.3 is 5.97 Å². The second kappa shape index (κ2) is 10.2. The first-order valence-corrected chi connectivity index (χ1v) is 11.6. The fourth-order valence-corrected chi connectivity index (χ4v) is 4.74. The molecule has 3 fully saturated rings. The van der Waals surface area contributed by atoms with Crippen molar-refractivity contribution in [1.29, 1.82) is 0 Å². The van der Waals surface area contributed by atoms with E-state index >= 15 is 0 Å². The Morgan fingerprint density at radius 1 is 1.09 bits per heavy atom. The van der Waals surface area contributed by atoms with Gasteiger partial charge in [-0.2, -0.15) is 0 Å². The normalized spacial score (nSPS) is 26.5. The molecular weight excluding hydrogens is 426 g/mol. The van der Waals surface area contributed by atoms with Crippen molar-refractivity contribution >= 4 is 17.8 Å². The molecule has 2 amide bonds. The van der Waals surface area contributed by atoms with Gasteiger partial charge in [-0.15, -0.1) is 0 Å². The third kappa shape index (κ3) is 5.20. The maximum Gasteiger partial charge on any atom is 0.328 e. The molecule has 1 aromatic carbocycles. The Morgan fingerprint density at radius 3 is 2.42 bits per heavy atom. The van der Waals surface area contributed by atoms with Crippen LogP contribution in [0.2, 0.25) is 0 Å². The Balaban J connectivity index is 1.37. The first-order chi connectivity index (χ1) is 15.9. The third-order valence-electron chi connectivity index (χ3n) is 6.46. The van der Waals surface area contributed by atoms with E-state index in [-0.39, 0.29) is 24.3 Å². The average molecular weight is 460 g/mol. The van der Waals surface area contributed by atoms with Gasteiger partial charge in [0.15, 0.2) is 18.5 Å². The Morgan fingerprint density at radius 2 is 1.79 bits per heavy atom. The second-order valence-corrected chi connectivity index (χ2v) is 9.29.